The summed E-state index contributed by atoms with van der Waals surface area (Å²) in [5.41, 5.74) is 1.09. The zero-order valence-electron chi connectivity index (χ0n) is 11.5. The molecule has 5 heteroatoms. The summed E-state index contributed by atoms with van der Waals surface area (Å²) >= 11 is 1.56. The predicted molar refractivity (Wildman–Crippen MR) is 82.0 cm³/mol. The van der Waals surface area contributed by atoms with E-state index >= 15 is 0 Å². The fraction of sp³-hybridized carbons (Fsp3) is 0.500. The van der Waals surface area contributed by atoms with Crippen LogP contribution in [0.2, 0.25) is 0 Å². The van der Waals surface area contributed by atoms with Crippen molar-refractivity contribution in [2.75, 3.05) is 45.6 Å². The Morgan fingerprint density at radius 3 is 3.05 bits per heavy atom. The Balaban J connectivity index is 1.68. The first-order valence-corrected chi connectivity index (χ1v) is 7.48. The van der Waals surface area contributed by atoms with Crippen LogP contribution in [0, 0.1) is 0 Å². The molecule has 1 unspecified atom stereocenters. The van der Waals surface area contributed by atoms with Crippen molar-refractivity contribution in [1.29, 1.82) is 0 Å². The van der Waals surface area contributed by atoms with E-state index in [1.54, 1.807) is 11.5 Å². The first-order chi connectivity index (χ1) is 9.24. The van der Waals surface area contributed by atoms with Gasteiger partial charge >= 0.3 is 0 Å². The van der Waals surface area contributed by atoms with E-state index in [4.69, 9.17) is 0 Å². The second kappa shape index (κ2) is 5.45. The van der Waals surface area contributed by atoms with Crippen molar-refractivity contribution in [2.24, 2.45) is 0 Å². The van der Waals surface area contributed by atoms with Crippen LogP contribution < -0.4 is 5.32 Å². The normalized spacial score (nSPS) is 21.9. The summed E-state index contributed by atoms with van der Waals surface area (Å²) in [6.45, 7) is 4.41. The molecule has 1 saturated heterocycles. The predicted octanol–water partition coefficient (Wildman–Crippen LogP) is 1.95. The van der Waals surface area contributed by atoms with Crippen molar-refractivity contribution in [1.82, 2.24) is 14.2 Å². The lowest BCUT2D eigenvalue weighted by Crippen LogP contribution is -2.52. The Morgan fingerprint density at radius 1 is 1.32 bits per heavy atom. The van der Waals surface area contributed by atoms with E-state index in [0.717, 1.165) is 31.7 Å². The number of nitrogens with one attached hydrogen (secondary N) is 1. The number of benzene rings is 1. The van der Waals surface area contributed by atoms with Crippen LogP contribution in [0.25, 0.3) is 10.9 Å². The summed E-state index contributed by atoms with van der Waals surface area (Å²) in [5, 5.41) is 6.00. The van der Waals surface area contributed by atoms with Crippen molar-refractivity contribution in [3.8, 4) is 0 Å². The molecule has 2 heterocycles. The summed E-state index contributed by atoms with van der Waals surface area (Å²) in [4.78, 5) is 4.84. The van der Waals surface area contributed by atoms with Crippen LogP contribution in [0.3, 0.4) is 0 Å². The Labute approximate surface area is 118 Å². The average molecular weight is 276 g/mol. The minimum Gasteiger partial charge on any atom is -0.374 e. The third kappa shape index (κ3) is 2.73. The number of rotatable bonds is 3. The molecule has 1 aromatic heterocycles. The summed E-state index contributed by atoms with van der Waals surface area (Å²) in [7, 11) is 4.41. The van der Waals surface area contributed by atoms with Gasteiger partial charge in [-0.3, -0.25) is 4.90 Å². The van der Waals surface area contributed by atoms with Gasteiger partial charge in [-0.2, -0.15) is 4.37 Å². The number of anilines is 1. The fourth-order valence-corrected chi connectivity index (χ4v) is 3.32. The van der Waals surface area contributed by atoms with Gasteiger partial charge in [-0.05, 0) is 37.8 Å². The highest BCUT2D eigenvalue weighted by molar-refractivity contribution is 7.11. The number of hydrogen-bond acceptors (Lipinski definition) is 5. The van der Waals surface area contributed by atoms with Gasteiger partial charge in [0, 0.05) is 37.6 Å². The lowest BCUT2D eigenvalue weighted by atomic mass is 10.2. The van der Waals surface area contributed by atoms with Crippen molar-refractivity contribution >= 4 is 27.4 Å². The summed E-state index contributed by atoms with van der Waals surface area (Å²) in [6, 6.07) is 8.88. The lowest BCUT2D eigenvalue weighted by Gasteiger charge is -2.37. The number of likely N-dealkylation sites (N-methyl/N-ethyl adjacent to an activating group) is 2. The van der Waals surface area contributed by atoms with Gasteiger partial charge in [-0.15, -0.1) is 0 Å². The molecule has 1 fully saturated rings. The number of aromatic nitrogens is 1. The molecule has 0 aliphatic carbocycles. The molecule has 1 aliphatic rings. The highest BCUT2D eigenvalue weighted by atomic mass is 32.1. The number of nitrogens with zero attached hydrogens (tertiary/aromatic N) is 3. The molecule has 102 valence electrons. The van der Waals surface area contributed by atoms with Crippen LogP contribution >= 0.6 is 11.5 Å². The Bertz CT molecular complexity index is 553. The highest BCUT2D eigenvalue weighted by Gasteiger charge is 2.22. The first kappa shape index (κ1) is 12.8. The lowest BCUT2D eigenvalue weighted by molar-refractivity contribution is 0.122. The van der Waals surface area contributed by atoms with Crippen molar-refractivity contribution in [3.63, 3.8) is 0 Å². The Kier molecular flexibility index (Phi) is 3.68. The minimum absolute atomic E-state index is 0.569. The van der Waals surface area contributed by atoms with Gasteiger partial charge in [0.2, 0.25) is 0 Å². The van der Waals surface area contributed by atoms with Gasteiger partial charge in [0.25, 0.3) is 0 Å². The summed E-state index contributed by atoms with van der Waals surface area (Å²) in [6.07, 6.45) is 0. The van der Waals surface area contributed by atoms with E-state index in [1.807, 2.05) is 6.07 Å². The molecule has 3 rings (SSSR count). The number of fused-ring (bicyclic) bond motifs is 1. The topological polar surface area (TPSA) is 31.4 Å². The molecule has 0 radical (unpaired) electrons. The SMILES string of the molecule is CN1CCN(C)C(CNc2snc3ccccc23)C1. The largest absolute Gasteiger partial charge is 0.374 e. The zero-order chi connectivity index (χ0) is 13.2. The maximum Gasteiger partial charge on any atom is 0.117 e. The fourth-order valence-electron chi connectivity index (χ4n) is 2.55. The summed E-state index contributed by atoms with van der Waals surface area (Å²) in [5.74, 6) is 0. The standard InChI is InChI=1S/C14H20N4S/c1-17-7-8-18(2)11(10-17)9-15-14-12-5-3-4-6-13(12)16-19-14/h3-6,11,15H,7-10H2,1-2H3. The molecule has 19 heavy (non-hydrogen) atoms. The van der Waals surface area contributed by atoms with E-state index in [9.17, 15) is 0 Å². The molecule has 4 nitrogen and oxygen atoms in total. The van der Waals surface area contributed by atoms with Crippen molar-refractivity contribution in [3.05, 3.63) is 24.3 Å². The van der Waals surface area contributed by atoms with E-state index in [1.165, 1.54) is 10.4 Å². The van der Waals surface area contributed by atoms with Crippen molar-refractivity contribution in [2.45, 2.75) is 6.04 Å². The molecule has 1 N–H and O–H groups in total. The molecular weight excluding hydrogens is 256 g/mol. The molecular formula is C14H20N4S. The van der Waals surface area contributed by atoms with Gasteiger partial charge in [0.15, 0.2) is 0 Å². The molecule has 0 amide bonds. The third-order valence-electron chi connectivity index (χ3n) is 3.86. The molecule has 1 aliphatic heterocycles. The van der Waals surface area contributed by atoms with Crippen LogP contribution in [-0.4, -0.2) is 60.5 Å². The van der Waals surface area contributed by atoms with Crippen LogP contribution in [0.4, 0.5) is 5.00 Å². The summed E-state index contributed by atoms with van der Waals surface area (Å²) < 4.78 is 4.47. The molecule has 0 spiro atoms. The molecule has 1 aromatic carbocycles. The van der Waals surface area contributed by atoms with Crippen LogP contribution in [0.1, 0.15) is 0 Å². The van der Waals surface area contributed by atoms with Gasteiger partial charge in [0.1, 0.15) is 5.00 Å². The Morgan fingerprint density at radius 2 is 2.16 bits per heavy atom. The van der Waals surface area contributed by atoms with Gasteiger partial charge < -0.3 is 10.2 Å². The maximum atomic E-state index is 4.47. The smallest absolute Gasteiger partial charge is 0.117 e. The molecule has 2 aromatic rings. The maximum absolute atomic E-state index is 4.47. The number of hydrogen-bond donors (Lipinski definition) is 1. The zero-order valence-corrected chi connectivity index (χ0v) is 12.3. The van der Waals surface area contributed by atoms with Crippen LogP contribution in [0.5, 0.6) is 0 Å². The van der Waals surface area contributed by atoms with Gasteiger partial charge in [-0.1, -0.05) is 12.1 Å². The van der Waals surface area contributed by atoms with E-state index < -0.39 is 0 Å². The second-order valence-corrected chi connectivity index (χ2v) is 6.08. The monoisotopic (exact) mass is 276 g/mol. The second-order valence-electron chi connectivity index (χ2n) is 5.31. The van der Waals surface area contributed by atoms with Crippen molar-refractivity contribution < 1.29 is 0 Å². The van der Waals surface area contributed by atoms with E-state index in [-0.39, 0.29) is 0 Å². The Hall–Kier alpha value is -1.17. The number of piperazine rings is 1. The minimum atomic E-state index is 0.569. The van der Waals surface area contributed by atoms with Gasteiger partial charge in [-0.25, -0.2) is 0 Å². The molecule has 0 saturated carbocycles. The van der Waals surface area contributed by atoms with Gasteiger partial charge in [0.05, 0.1) is 5.52 Å². The molecule has 1 atom stereocenters. The third-order valence-corrected chi connectivity index (χ3v) is 4.70. The average Bonchev–Trinajstić information content (AvgIpc) is 2.83. The highest BCUT2D eigenvalue weighted by Crippen LogP contribution is 2.27. The molecule has 0 bridgehead atoms. The first-order valence-electron chi connectivity index (χ1n) is 6.71. The quantitative estimate of drug-likeness (QED) is 0.928. The van der Waals surface area contributed by atoms with Crippen LogP contribution in [0.15, 0.2) is 24.3 Å². The van der Waals surface area contributed by atoms with E-state index in [0.29, 0.717) is 6.04 Å². The van der Waals surface area contributed by atoms with E-state index in [2.05, 4.69) is 51.8 Å². The van der Waals surface area contributed by atoms with Crippen LogP contribution in [-0.2, 0) is 0 Å².